The molecule has 0 aromatic rings. The highest BCUT2D eigenvalue weighted by molar-refractivity contribution is 5.90. The summed E-state index contributed by atoms with van der Waals surface area (Å²) in [7, 11) is 0. The van der Waals surface area contributed by atoms with Crippen molar-refractivity contribution in [1.82, 2.24) is 10.2 Å². The van der Waals surface area contributed by atoms with E-state index in [0.29, 0.717) is 26.3 Å². The molecule has 1 heterocycles. The zero-order valence-corrected chi connectivity index (χ0v) is 15.6. The Kier molecular flexibility index (Phi) is 4.55. The summed E-state index contributed by atoms with van der Waals surface area (Å²) >= 11 is 0. The molecule has 0 radical (unpaired) electrons. The van der Waals surface area contributed by atoms with E-state index in [4.69, 9.17) is 4.74 Å². The van der Waals surface area contributed by atoms with Crippen LogP contribution in [-0.2, 0) is 14.3 Å². The van der Waals surface area contributed by atoms with Gasteiger partial charge >= 0.3 is 0 Å². The van der Waals surface area contributed by atoms with Crippen LogP contribution in [0.4, 0.5) is 0 Å². The molecular weight excluding hydrogens is 316 g/mol. The number of nitrogens with zero attached hydrogens (tertiary/aromatic N) is 1. The molecule has 5 rings (SSSR count). The van der Waals surface area contributed by atoms with Gasteiger partial charge in [-0.3, -0.25) is 9.59 Å². The van der Waals surface area contributed by atoms with Gasteiger partial charge in [-0.2, -0.15) is 0 Å². The molecular formula is C20H32N2O3. The van der Waals surface area contributed by atoms with Crippen molar-refractivity contribution < 1.29 is 14.3 Å². The van der Waals surface area contributed by atoms with Gasteiger partial charge in [-0.15, -0.1) is 0 Å². The summed E-state index contributed by atoms with van der Waals surface area (Å²) in [5.74, 6) is 2.55. The molecule has 5 aliphatic rings. The summed E-state index contributed by atoms with van der Waals surface area (Å²) in [5, 5.41) is 3.20. The van der Waals surface area contributed by atoms with Crippen molar-refractivity contribution in [2.24, 2.45) is 29.1 Å². The molecule has 0 aromatic heterocycles. The summed E-state index contributed by atoms with van der Waals surface area (Å²) in [6.45, 7) is 6.52. The van der Waals surface area contributed by atoms with E-state index in [1.54, 1.807) is 0 Å². The standard InChI is InChI=1S/C20H32N2O3/c1-13(2)17(18(23)22-3-5-25-6-4-22)21-19(24)20-10-14-7-15(11-20)9-16(8-14)12-20/h13-17H,3-12H2,1-2H3,(H,21,24). The Morgan fingerprint density at radius 1 is 1.00 bits per heavy atom. The first-order valence-corrected chi connectivity index (χ1v) is 10.1. The molecule has 4 saturated carbocycles. The maximum Gasteiger partial charge on any atom is 0.245 e. The molecule has 5 nitrogen and oxygen atoms in total. The van der Waals surface area contributed by atoms with Gasteiger partial charge in [-0.1, -0.05) is 13.8 Å². The Morgan fingerprint density at radius 2 is 1.52 bits per heavy atom. The molecule has 1 saturated heterocycles. The number of amides is 2. The third kappa shape index (κ3) is 3.20. The lowest BCUT2D eigenvalue weighted by Crippen LogP contribution is -2.59. The number of hydrogen-bond acceptors (Lipinski definition) is 3. The molecule has 5 fully saturated rings. The first-order chi connectivity index (χ1) is 12.0. The zero-order valence-electron chi connectivity index (χ0n) is 15.6. The third-order valence-corrected chi connectivity index (χ3v) is 7.06. The number of carbonyl (C=O) groups is 2. The molecule has 5 heteroatoms. The monoisotopic (exact) mass is 348 g/mol. The lowest BCUT2D eigenvalue weighted by Gasteiger charge is -2.56. The molecule has 1 atom stereocenters. The summed E-state index contributed by atoms with van der Waals surface area (Å²) < 4.78 is 5.35. The van der Waals surface area contributed by atoms with Crippen LogP contribution in [0.5, 0.6) is 0 Å². The van der Waals surface area contributed by atoms with Gasteiger partial charge in [0.1, 0.15) is 6.04 Å². The van der Waals surface area contributed by atoms with E-state index in [-0.39, 0.29) is 23.1 Å². The number of morpholine rings is 1. The van der Waals surface area contributed by atoms with Crippen molar-refractivity contribution in [1.29, 1.82) is 0 Å². The maximum absolute atomic E-state index is 13.3. The van der Waals surface area contributed by atoms with Gasteiger partial charge in [0, 0.05) is 18.5 Å². The quantitative estimate of drug-likeness (QED) is 0.847. The van der Waals surface area contributed by atoms with Crippen LogP contribution in [0.15, 0.2) is 0 Å². The van der Waals surface area contributed by atoms with Gasteiger partial charge in [0.15, 0.2) is 0 Å². The Labute approximate surface area is 150 Å². The lowest BCUT2D eigenvalue weighted by atomic mass is 9.49. The second-order valence-corrected chi connectivity index (χ2v) is 9.33. The molecule has 0 aromatic carbocycles. The number of ether oxygens (including phenoxy) is 1. The van der Waals surface area contributed by atoms with Crippen molar-refractivity contribution in [3.63, 3.8) is 0 Å². The van der Waals surface area contributed by atoms with Crippen LogP contribution >= 0.6 is 0 Å². The van der Waals surface area contributed by atoms with Crippen LogP contribution in [0.3, 0.4) is 0 Å². The predicted octanol–water partition coefficient (Wildman–Crippen LogP) is 2.20. The number of nitrogens with one attached hydrogen (secondary N) is 1. The highest BCUT2D eigenvalue weighted by Gasteiger charge is 2.55. The molecule has 4 aliphatic carbocycles. The number of carbonyl (C=O) groups excluding carboxylic acids is 2. The Hall–Kier alpha value is -1.10. The van der Waals surface area contributed by atoms with Crippen LogP contribution in [0.1, 0.15) is 52.4 Å². The van der Waals surface area contributed by atoms with Crippen molar-refractivity contribution >= 4 is 11.8 Å². The van der Waals surface area contributed by atoms with Crippen LogP contribution in [0.2, 0.25) is 0 Å². The molecule has 140 valence electrons. The highest BCUT2D eigenvalue weighted by atomic mass is 16.5. The summed E-state index contributed by atoms with van der Waals surface area (Å²) in [6.07, 6.45) is 7.11. The minimum atomic E-state index is -0.404. The topological polar surface area (TPSA) is 58.6 Å². The molecule has 0 spiro atoms. The van der Waals surface area contributed by atoms with Crippen molar-refractivity contribution in [2.45, 2.75) is 58.4 Å². The fraction of sp³-hybridized carbons (Fsp3) is 0.900. The Balaban J connectivity index is 1.46. The van der Waals surface area contributed by atoms with E-state index >= 15 is 0 Å². The molecule has 1 aliphatic heterocycles. The first-order valence-electron chi connectivity index (χ1n) is 10.1. The lowest BCUT2D eigenvalue weighted by molar-refractivity contribution is -0.151. The van der Waals surface area contributed by atoms with E-state index in [9.17, 15) is 9.59 Å². The van der Waals surface area contributed by atoms with Crippen molar-refractivity contribution in [2.75, 3.05) is 26.3 Å². The Bertz CT molecular complexity index is 504. The van der Waals surface area contributed by atoms with Gasteiger partial charge in [0.05, 0.1) is 13.2 Å². The number of hydrogen-bond donors (Lipinski definition) is 1. The third-order valence-electron chi connectivity index (χ3n) is 7.06. The summed E-state index contributed by atoms with van der Waals surface area (Å²) in [6, 6.07) is -0.404. The van der Waals surface area contributed by atoms with E-state index in [1.807, 2.05) is 18.7 Å². The van der Waals surface area contributed by atoms with E-state index in [0.717, 1.165) is 37.0 Å². The van der Waals surface area contributed by atoms with Crippen molar-refractivity contribution in [3.05, 3.63) is 0 Å². The van der Waals surface area contributed by atoms with E-state index < -0.39 is 6.04 Å². The van der Waals surface area contributed by atoms with Crippen molar-refractivity contribution in [3.8, 4) is 0 Å². The molecule has 4 bridgehead atoms. The summed E-state index contributed by atoms with van der Waals surface area (Å²) in [4.78, 5) is 28.1. The molecule has 2 amide bonds. The van der Waals surface area contributed by atoms with E-state index in [2.05, 4.69) is 5.32 Å². The minimum absolute atomic E-state index is 0.0661. The Morgan fingerprint density at radius 3 is 2.00 bits per heavy atom. The van der Waals surface area contributed by atoms with Gasteiger partial charge in [0.25, 0.3) is 0 Å². The average Bonchev–Trinajstić information content (AvgIpc) is 2.58. The molecule has 1 unspecified atom stereocenters. The highest BCUT2D eigenvalue weighted by Crippen LogP contribution is 2.60. The maximum atomic E-state index is 13.3. The minimum Gasteiger partial charge on any atom is -0.378 e. The van der Waals surface area contributed by atoms with Crippen LogP contribution in [-0.4, -0.2) is 49.1 Å². The average molecular weight is 348 g/mol. The SMILES string of the molecule is CC(C)C(NC(=O)C12CC3CC(CC(C3)C1)C2)C(=O)N1CCOCC1. The first kappa shape index (κ1) is 17.3. The second kappa shape index (κ2) is 6.57. The second-order valence-electron chi connectivity index (χ2n) is 9.33. The van der Waals surface area contributed by atoms with Gasteiger partial charge < -0.3 is 15.0 Å². The van der Waals surface area contributed by atoms with Gasteiger partial charge in [-0.05, 0) is 62.2 Å². The van der Waals surface area contributed by atoms with Crippen LogP contribution < -0.4 is 5.32 Å². The predicted molar refractivity (Wildman–Crippen MR) is 94.8 cm³/mol. The smallest absolute Gasteiger partial charge is 0.245 e. The fourth-order valence-corrected chi connectivity index (χ4v) is 6.18. The van der Waals surface area contributed by atoms with Gasteiger partial charge in [-0.25, -0.2) is 0 Å². The van der Waals surface area contributed by atoms with E-state index in [1.165, 1.54) is 19.3 Å². The molecule has 1 N–H and O–H groups in total. The largest absolute Gasteiger partial charge is 0.378 e. The van der Waals surface area contributed by atoms with Crippen LogP contribution in [0, 0.1) is 29.1 Å². The zero-order chi connectivity index (χ0) is 17.6. The van der Waals surface area contributed by atoms with Crippen LogP contribution in [0.25, 0.3) is 0 Å². The molecule has 25 heavy (non-hydrogen) atoms. The van der Waals surface area contributed by atoms with Gasteiger partial charge in [0.2, 0.25) is 11.8 Å². The normalized spacial score (nSPS) is 38.0. The fourth-order valence-electron chi connectivity index (χ4n) is 6.18. The summed E-state index contributed by atoms with van der Waals surface area (Å²) in [5.41, 5.74) is -0.187. The number of rotatable bonds is 4.